The number of likely N-dealkylation sites (tertiary alicyclic amines) is 1. The molecule has 2 aromatic heterocycles. The van der Waals surface area contributed by atoms with E-state index in [-0.39, 0.29) is 0 Å². The fourth-order valence-corrected chi connectivity index (χ4v) is 6.42. The number of benzene rings is 3. The summed E-state index contributed by atoms with van der Waals surface area (Å²) in [5.74, 6) is 0.181. The molecule has 40 heavy (non-hydrogen) atoms. The summed E-state index contributed by atoms with van der Waals surface area (Å²) < 4.78 is 4.29. The molecule has 204 valence electrons. The predicted molar refractivity (Wildman–Crippen MR) is 159 cm³/mol. The number of hydrogen-bond acceptors (Lipinski definition) is 3. The van der Waals surface area contributed by atoms with Crippen molar-refractivity contribution < 1.29 is 9.90 Å². The van der Waals surface area contributed by atoms with Gasteiger partial charge in [-0.3, -0.25) is 0 Å². The Labute approximate surface area is 235 Å². The third-order valence-electron chi connectivity index (χ3n) is 8.42. The zero-order valence-corrected chi connectivity index (χ0v) is 22.8. The second-order valence-corrected chi connectivity index (χ2v) is 11.0. The van der Waals surface area contributed by atoms with E-state index in [4.69, 9.17) is 0 Å². The van der Waals surface area contributed by atoms with Crippen molar-refractivity contribution in [1.29, 1.82) is 0 Å². The number of carboxylic acids is 1. The summed E-state index contributed by atoms with van der Waals surface area (Å²) >= 11 is 0. The number of carboxylic acid groups (broad SMARTS) is 1. The molecule has 6 nitrogen and oxygen atoms in total. The van der Waals surface area contributed by atoms with Gasteiger partial charge < -0.3 is 19.1 Å². The maximum Gasteiger partial charge on any atom is 0.335 e. The number of aryl methyl sites for hydroxylation is 1. The minimum absolute atomic E-state index is 0.328. The van der Waals surface area contributed by atoms with Gasteiger partial charge in [0, 0.05) is 42.0 Å². The third kappa shape index (κ3) is 5.73. The van der Waals surface area contributed by atoms with Gasteiger partial charge in [-0.2, -0.15) is 0 Å². The van der Waals surface area contributed by atoms with Crippen LogP contribution in [0.25, 0.3) is 10.9 Å². The highest BCUT2D eigenvalue weighted by Gasteiger charge is 2.28. The molecule has 3 heterocycles. The summed E-state index contributed by atoms with van der Waals surface area (Å²) in [6.07, 6.45) is 11.2. The van der Waals surface area contributed by atoms with Crippen molar-refractivity contribution in [2.75, 3.05) is 19.6 Å². The first-order valence-electron chi connectivity index (χ1n) is 14.3. The molecule has 0 bridgehead atoms. The average molecular weight is 533 g/mol. The molecule has 6 rings (SSSR count). The van der Waals surface area contributed by atoms with Gasteiger partial charge in [0.2, 0.25) is 0 Å². The first-order valence-corrected chi connectivity index (χ1v) is 14.3. The Kier molecular flexibility index (Phi) is 7.78. The summed E-state index contributed by atoms with van der Waals surface area (Å²) in [6.45, 7) is 4.85. The molecule has 1 aliphatic heterocycles. The number of fused-ring (bicyclic) bond motifs is 1. The van der Waals surface area contributed by atoms with Gasteiger partial charge in [0.05, 0.1) is 18.4 Å². The zero-order valence-electron chi connectivity index (χ0n) is 22.8. The Morgan fingerprint density at radius 1 is 0.925 bits per heavy atom. The Balaban J connectivity index is 1.11. The summed E-state index contributed by atoms with van der Waals surface area (Å²) in [5.41, 5.74) is 5.33. The Morgan fingerprint density at radius 3 is 2.25 bits per heavy atom. The largest absolute Gasteiger partial charge is 0.478 e. The summed E-state index contributed by atoms with van der Waals surface area (Å²) in [5, 5.41) is 10.7. The van der Waals surface area contributed by atoms with Crippen molar-refractivity contribution in [2.45, 2.75) is 38.3 Å². The average Bonchev–Trinajstić information content (AvgIpc) is 3.63. The van der Waals surface area contributed by atoms with Crippen LogP contribution in [0.4, 0.5) is 0 Å². The first-order chi connectivity index (χ1) is 19.7. The van der Waals surface area contributed by atoms with E-state index in [1.807, 2.05) is 29.2 Å². The van der Waals surface area contributed by atoms with E-state index in [0.29, 0.717) is 23.9 Å². The number of nitrogens with zero attached hydrogens (tertiary/aromatic N) is 4. The maximum absolute atomic E-state index is 11.7. The van der Waals surface area contributed by atoms with Crippen LogP contribution in [0.15, 0.2) is 104 Å². The third-order valence-corrected chi connectivity index (χ3v) is 8.42. The highest BCUT2D eigenvalue weighted by molar-refractivity contribution is 5.94. The van der Waals surface area contributed by atoms with E-state index in [9.17, 15) is 9.90 Å². The summed E-state index contributed by atoms with van der Waals surface area (Å²) in [6, 6.07) is 27.4. The van der Waals surface area contributed by atoms with Crippen LogP contribution < -0.4 is 0 Å². The van der Waals surface area contributed by atoms with Gasteiger partial charge >= 0.3 is 5.97 Å². The standard InChI is InChI=1S/C34H36N4O2/c39-34(40)29-12-13-31-30(23-37-21-16-35-25-37)24-38(32(31)22-29)18-7-17-36-19-14-28(15-20-36)33(26-8-3-1-4-9-26)27-10-5-2-6-11-27/h1-6,8-13,16,21-22,24-25,28,33H,7,14-15,17-20,23H2,(H,39,40). The molecular weight excluding hydrogens is 496 g/mol. The predicted octanol–water partition coefficient (Wildman–Crippen LogP) is 6.52. The second kappa shape index (κ2) is 11.9. The van der Waals surface area contributed by atoms with Gasteiger partial charge in [0.15, 0.2) is 0 Å². The van der Waals surface area contributed by atoms with E-state index in [0.717, 1.165) is 43.5 Å². The van der Waals surface area contributed by atoms with Gasteiger partial charge in [-0.05, 0) is 73.6 Å². The fraction of sp³-hybridized carbons (Fsp3) is 0.294. The molecule has 0 unspecified atom stereocenters. The first kappa shape index (κ1) is 26.1. The van der Waals surface area contributed by atoms with Crippen LogP contribution in [0.2, 0.25) is 0 Å². The molecule has 5 aromatic rings. The lowest BCUT2D eigenvalue weighted by Gasteiger charge is -2.36. The number of aromatic carboxylic acids is 1. The molecular formula is C34H36N4O2. The highest BCUT2D eigenvalue weighted by Crippen LogP contribution is 2.38. The molecule has 0 spiro atoms. The summed E-state index contributed by atoms with van der Waals surface area (Å²) in [7, 11) is 0. The molecule has 1 aliphatic rings. The topological polar surface area (TPSA) is 63.3 Å². The minimum Gasteiger partial charge on any atom is -0.478 e. The van der Waals surface area contributed by atoms with Crippen molar-refractivity contribution >= 4 is 16.9 Å². The number of rotatable bonds is 10. The Hall–Kier alpha value is -4.16. The Morgan fingerprint density at radius 2 is 1.62 bits per heavy atom. The van der Waals surface area contributed by atoms with Crippen LogP contribution in [0.1, 0.15) is 52.2 Å². The normalized spacial score (nSPS) is 14.7. The molecule has 6 heteroatoms. The van der Waals surface area contributed by atoms with Gasteiger partial charge in [-0.25, -0.2) is 9.78 Å². The Bertz CT molecular complexity index is 1500. The molecule has 0 atom stereocenters. The van der Waals surface area contributed by atoms with E-state index >= 15 is 0 Å². The van der Waals surface area contributed by atoms with Crippen LogP contribution in [0.5, 0.6) is 0 Å². The molecule has 0 aliphatic carbocycles. The SMILES string of the molecule is O=C(O)c1ccc2c(Cn3ccnc3)cn(CCCN3CCC(C(c4ccccc4)c4ccccc4)CC3)c2c1. The summed E-state index contributed by atoms with van der Waals surface area (Å²) in [4.78, 5) is 18.4. The van der Waals surface area contributed by atoms with Crippen molar-refractivity contribution in [3.8, 4) is 0 Å². The molecule has 0 amide bonds. The number of hydrogen-bond donors (Lipinski definition) is 1. The van der Waals surface area contributed by atoms with Crippen LogP contribution >= 0.6 is 0 Å². The lowest BCUT2D eigenvalue weighted by atomic mass is 9.76. The molecule has 0 radical (unpaired) electrons. The van der Waals surface area contributed by atoms with Crippen molar-refractivity contribution in [3.63, 3.8) is 0 Å². The number of aromatic nitrogens is 3. The van der Waals surface area contributed by atoms with Gasteiger partial charge in [-0.15, -0.1) is 0 Å². The highest BCUT2D eigenvalue weighted by atomic mass is 16.4. The number of piperidine rings is 1. The molecule has 1 N–H and O–H groups in total. The van der Waals surface area contributed by atoms with Crippen LogP contribution in [-0.2, 0) is 13.1 Å². The second-order valence-electron chi connectivity index (χ2n) is 11.0. The maximum atomic E-state index is 11.7. The van der Waals surface area contributed by atoms with E-state index < -0.39 is 5.97 Å². The quantitative estimate of drug-likeness (QED) is 0.222. The van der Waals surface area contributed by atoms with Crippen molar-refractivity contribution in [3.05, 3.63) is 126 Å². The van der Waals surface area contributed by atoms with Crippen LogP contribution in [0.3, 0.4) is 0 Å². The van der Waals surface area contributed by atoms with E-state index in [1.165, 1.54) is 29.5 Å². The van der Waals surface area contributed by atoms with Crippen molar-refractivity contribution in [1.82, 2.24) is 19.0 Å². The monoisotopic (exact) mass is 532 g/mol. The fourth-order valence-electron chi connectivity index (χ4n) is 6.42. The lowest BCUT2D eigenvalue weighted by Crippen LogP contribution is -2.36. The minimum atomic E-state index is -0.891. The number of carbonyl (C=O) groups is 1. The van der Waals surface area contributed by atoms with Gasteiger partial charge in [0.25, 0.3) is 0 Å². The molecule has 3 aromatic carbocycles. The number of imidazole rings is 1. The lowest BCUT2D eigenvalue weighted by molar-refractivity contribution is 0.0697. The molecule has 1 saturated heterocycles. The molecule has 1 fully saturated rings. The van der Waals surface area contributed by atoms with Crippen LogP contribution in [-0.4, -0.2) is 49.7 Å². The molecule has 0 saturated carbocycles. The smallest absolute Gasteiger partial charge is 0.335 e. The van der Waals surface area contributed by atoms with E-state index in [1.54, 1.807) is 12.3 Å². The van der Waals surface area contributed by atoms with Crippen LogP contribution in [0, 0.1) is 5.92 Å². The van der Waals surface area contributed by atoms with E-state index in [2.05, 4.69) is 81.3 Å². The van der Waals surface area contributed by atoms with Gasteiger partial charge in [0.1, 0.15) is 0 Å². The zero-order chi connectivity index (χ0) is 27.3. The van der Waals surface area contributed by atoms with Crippen molar-refractivity contribution in [2.24, 2.45) is 5.92 Å². The van der Waals surface area contributed by atoms with Gasteiger partial charge in [-0.1, -0.05) is 66.7 Å².